The lowest BCUT2D eigenvalue weighted by Crippen LogP contribution is -2.37. The molecular formula is C17H18N2O2. The molecule has 0 spiro atoms. The second-order valence-corrected chi connectivity index (χ2v) is 5.17. The minimum atomic E-state index is -0.412. The summed E-state index contributed by atoms with van der Waals surface area (Å²) in [5.74, 6) is 0.552. The predicted octanol–water partition coefficient (Wildman–Crippen LogP) is 3.36. The Labute approximate surface area is 124 Å². The fraction of sp³-hybridized carbons (Fsp3) is 0.235. The van der Waals surface area contributed by atoms with Gasteiger partial charge in [-0.3, -0.25) is 0 Å². The molecule has 1 unspecified atom stereocenters. The summed E-state index contributed by atoms with van der Waals surface area (Å²) in [5, 5.41) is 2.96. The molecule has 108 valence electrons. The number of amides is 1. The van der Waals surface area contributed by atoms with Crippen molar-refractivity contribution in [3.63, 3.8) is 0 Å². The van der Waals surface area contributed by atoms with E-state index in [0.29, 0.717) is 5.75 Å². The van der Waals surface area contributed by atoms with Crippen LogP contribution in [0.1, 0.15) is 18.0 Å². The van der Waals surface area contributed by atoms with Crippen molar-refractivity contribution in [3.8, 4) is 5.75 Å². The number of hydrogen-bond acceptors (Lipinski definition) is 3. The monoisotopic (exact) mass is 282 g/mol. The summed E-state index contributed by atoms with van der Waals surface area (Å²) in [5.41, 5.74) is 2.30. The number of nitrogens with one attached hydrogen (secondary N) is 1. The standard InChI is InChI=1S/C17H18N2O2/c1-19-12-11-15(14-9-5-6-10-16(14)19)18-17(20)21-13-7-3-2-4-8-13/h2-10,15H,11-12H2,1H3,(H,18,20). The number of rotatable bonds is 2. The van der Waals surface area contributed by atoms with Gasteiger partial charge in [0.2, 0.25) is 0 Å². The molecule has 0 saturated carbocycles. The van der Waals surface area contributed by atoms with Crippen molar-refractivity contribution in [1.29, 1.82) is 0 Å². The molecule has 0 fully saturated rings. The van der Waals surface area contributed by atoms with Gasteiger partial charge in [0.1, 0.15) is 5.75 Å². The minimum Gasteiger partial charge on any atom is -0.410 e. The maximum Gasteiger partial charge on any atom is 0.413 e. The van der Waals surface area contributed by atoms with Crippen LogP contribution in [0.15, 0.2) is 54.6 Å². The predicted molar refractivity (Wildman–Crippen MR) is 82.7 cm³/mol. The van der Waals surface area contributed by atoms with E-state index in [1.165, 1.54) is 0 Å². The zero-order valence-corrected chi connectivity index (χ0v) is 12.0. The molecule has 2 aromatic carbocycles. The quantitative estimate of drug-likeness (QED) is 0.918. The fourth-order valence-corrected chi connectivity index (χ4v) is 2.65. The van der Waals surface area contributed by atoms with Gasteiger partial charge in [0.15, 0.2) is 0 Å². The van der Waals surface area contributed by atoms with E-state index in [9.17, 15) is 4.79 Å². The second-order valence-electron chi connectivity index (χ2n) is 5.17. The van der Waals surface area contributed by atoms with Crippen LogP contribution in [-0.2, 0) is 0 Å². The number of para-hydroxylation sites is 2. The maximum atomic E-state index is 12.0. The van der Waals surface area contributed by atoms with Crippen LogP contribution in [0, 0.1) is 0 Å². The summed E-state index contributed by atoms with van der Waals surface area (Å²) < 4.78 is 5.30. The largest absolute Gasteiger partial charge is 0.413 e. The van der Waals surface area contributed by atoms with Crippen LogP contribution in [0.25, 0.3) is 0 Å². The van der Waals surface area contributed by atoms with E-state index in [-0.39, 0.29) is 6.04 Å². The van der Waals surface area contributed by atoms with E-state index in [0.717, 1.165) is 24.2 Å². The molecule has 1 aliphatic heterocycles. The second kappa shape index (κ2) is 5.87. The highest BCUT2D eigenvalue weighted by Crippen LogP contribution is 2.32. The number of benzene rings is 2. The Balaban J connectivity index is 1.71. The van der Waals surface area contributed by atoms with Gasteiger partial charge in [-0.05, 0) is 30.2 Å². The highest BCUT2D eigenvalue weighted by atomic mass is 16.6. The topological polar surface area (TPSA) is 41.6 Å². The molecule has 21 heavy (non-hydrogen) atoms. The lowest BCUT2D eigenvalue weighted by molar-refractivity contribution is 0.195. The molecule has 1 atom stereocenters. The van der Waals surface area contributed by atoms with Crippen LogP contribution in [0.4, 0.5) is 10.5 Å². The van der Waals surface area contributed by atoms with Crippen molar-refractivity contribution >= 4 is 11.8 Å². The average molecular weight is 282 g/mol. The van der Waals surface area contributed by atoms with Crippen molar-refractivity contribution < 1.29 is 9.53 Å². The number of ether oxygens (including phenoxy) is 1. The summed E-state index contributed by atoms with van der Waals surface area (Å²) in [7, 11) is 2.07. The Kier molecular flexibility index (Phi) is 3.77. The molecule has 0 radical (unpaired) electrons. The van der Waals surface area contributed by atoms with Crippen molar-refractivity contribution in [2.45, 2.75) is 12.5 Å². The smallest absolute Gasteiger partial charge is 0.410 e. The molecule has 3 rings (SSSR count). The third kappa shape index (κ3) is 2.99. The van der Waals surface area contributed by atoms with Crippen LogP contribution in [-0.4, -0.2) is 19.7 Å². The van der Waals surface area contributed by atoms with Crippen LogP contribution in [0.2, 0.25) is 0 Å². The van der Waals surface area contributed by atoms with Crippen molar-refractivity contribution in [2.75, 3.05) is 18.5 Å². The molecule has 0 aromatic heterocycles. The zero-order chi connectivity index (χ0) is 14.7. The van der Waals surface area contributed by atoms with Gasteiger partial charge in [-0.15, -0.1) is 0 Å². The number of carbonyl (C=O) groups is 1. The average Bonchev–Trinajstić information content (AvgIpc) is 2.51. The first kappa shape index (κ1) is 13.5. The lowest BCUT2D eigenvalue weighted by atomic mass is 9.97. The molecule has 0 bridgehead atoms. The summed E-state index contributed by atoms with van der Waals surface area (Å²) in [6, 6.07) is 17.2. The summed E-state index contributed by atoms with van der Waals surface area (Å²) in [4.78, 5) is 14.2. The first-order valence-corrected chi connectivity index (χ1v) is 7.07. The van der Waals surface area contributed by atoms with Gasteiger partial charge in [-0.2, -0.15) is 0 Å². The molecule has 1 amide bonds. The molecular weight excluding hydrogens is 264 g/mol. The van der Waals surface area contributed by atoms with Crippen molar-refractivity contribution in [2.24, 2.45) is 0 Å². The summed E-state index contributed by atoms with van der Waals surface area (Å²) in [6.07, 6.45) is 0.461. The number of carbonyl (C=O) groups excluding carboxylic acids is 1. The van der Waals surface area contributed by atoms with Crippen LogP contribution in [0.5, 0.6) is 5.75 Å². The number of hydrogen-bond donors (Lipinski definition) is 1. The molecule has 0 aliphatic carbocycles. The Morgan fingerprint density at radius 1 is 1.14 bits per heavy atom. The van der Waals surface area contributed by atoms with Gasteiger partial charge in [0.25, 0.3) is 0 Å². The Morgan fingerprint density at radius 3 is 2.67 bits per heavy atom. The molecule has 0 saturated heterocycles. The highest BCUT2D eigenvalue weighted by molar-refractivity contribution is 5.72. The van der Waals surface area contributed by atoms with E-state index in [1.807, 2.05) is 30.3 Å². The third-order valence-electron chi connectivity index (χ3n) is 3.72. The molecule has 1 aliphatic rings. The van der Waals surface area contributed by atoms with Crippen LogP contribution < -0.4 is 15.0 Å². The molecule has 4 heteroatoms. The first-order chi connectivity index (χ1) is 10.2. The Bertz CT molecular complexity index is 628. The van der Waals surface area contributed by atoms with Crippen LogP contribution >= 0.6 is 0 Å². The Hall–Kier alpha value is -2.49. The third-order valence-corrected chi connectivity index (χ3v) is 3.72. The molecule has 1 heterocycles. The van der Waals surface area contributed by atoms with Gasteiger partial charge in [0.05, 0.1) is 6.04 Å². The SMILES string of the molecule is CN1CCC(NC(=O)Oc2ccccc2)c2ccccc21. The molecule has 2 aromatic rings. The summed E-state index contributed by atoms with van der Waals surface area (Å²) in [6.45, 7) is 0.910. The van der Waals surface area contributed by atoms with Crippen LogP contribution in [0.3, 0.4) is 0 Å². The van der Waals surface area contributed by atoms with Crippen molar-refractivity contribution in [1.82, 2.24) is 5.32 Å². The van der Waals surface area contributed by atoms with E-state index in [1.54, 1.807) is 12.1 Å². The normalized spacial score (nSPS) is 17.0. The summed E-state index contributed by atoms with van der Waals surface area (Å²) >= 11 is 0. The molecule has 1 N–H and O–H groups in total. The van der Waals surface area contributed by atoms with E-state index < -0.39 is 6.09 Å². The number of nitrogens with zero attached hydrogens (tertiary/aromatic N) is 1. The van der Waals surface area contributed by atoms with Gasteiger partial charge in [-0.25, -0.2) is 4.79 Å². The van der Waals surface area contributed by atoms with E-state index in [2.05, 4.69) is 29.4 Å². The number of anilines is 1. The zero-order valence-electron chi connectivity index (χ0n) is 12.0. The fourth-order valence-electron chi connectivity index (χ4n) is 2.65. The van der Waals surface area contributed by atoms with Gasteiger partial charge < -0.3 is 15.0 Å². The Morgan fingerprint density at radius 2 is 1.86 bits per heavy atom. The van der Waals surface area contributed by atoms with E-state index >= 15 is 0 Å². The minimum absolute atomic E-state index is 0.00591. The van der Waals surface area contributed by atoms with Gasteiger partial charge in [-0.1, -0.05) is 36.4 Å². The molecule has 4 nitrogen and oxygen atoms in total. The van der Waals surface area contributed by atoms with E-state index in [4.69, 9.17) is 4.74 Å². The van der Waals surface area contributed by atoms with Gasteiger partial charge >= 0.3 is 6.09 Å². The highest BCUT2D eigenvalue weighted by Gasteiger charge is 2.24. The lowest BCUT2D eigenvalue weighted by Gasteiger charge is -2.33. The first-order valence-electron chi connectivity index (χ1n) is 7.07. The van der Waals surface area contributed by atoms with Crippen molar-refractivity contribution in [3.05, 3.63) is 60.2 Å². The number of fused-ring (bicyclic) bond motifs is 1. The maximum absolute atomic E-state index is 12.0. The van der Waals surface area contributed by atoms with Gasteiger partial charge in [0, 0.05) is 19.3 Å².